The molecular weight excluding hydrogens is 539 g/mol. The predicted molar refractivity (Wildman–Crippen MR) is 148 cm³/mol. The number of likely N-dealkylation sites (N-methyl/N-ethyl adjacent to an activating group) is 1. The highest BCUT2D eigenvalue weighted by Crippen LogP contribution is 2.30. The number of halogens is 1. The molecule has 2 rings (SSSR count). The van der Waals surface area contributed by atoms with Crippen LogP contribution in [0.15, 0.2) is 39.1 Å². The number of rotatable bonds is 12. The van der Waals surface area contributed by atoms with E-state index in [0.29, 0.717) is 9.69 Å². The molecule has 1 N–H and O–H groups in total. The van der Waals surface area contributed by atoms with Crippen LogP contribution in [0.4, 0.5) is 4.39 Å². The smallest absolute Gasteiger partial charge is 0.350 e. The van der Waals surface area contributed by atoms with Gasteiger partial charge in [-0.15, -0.1) is 0 Å². The molecule has 2 amide bonds. The number of benzene rings is 1. The van der Waals surface area contributed by atoms with Crippen molar-refractivity contribution in [1.82, 2.24) is 14.6 Å². The number of oxime groups is 1. The lowest BCUT2D eigenvalue weighted by Gasteiger charge is -2.24. The van der Waals surface area contributed by atoms with Crippen molar-refractivity contribution in [3.63, 3.8) is 0 Å². The maximum Gasteiger partial charge on any atom is 0.350 e. The van der Waals surface area contributed by atoms with Gasteiger partial charge in [-0.05, 0) is 52.8 Å². The summed E-state index contributed by atoms with van der Waals surface area (Å²) in [6.45, 7) is 7.87. The van der Waals surface area contributed by atoms with Gasteiger partial charge in [0, 0.05) is 24.8 Å². The summed E-state index contributed by atoms with van der Waals surface area (Å²) < 4.78 is 27.0. The van der Waals surface area contributed by atoms with E-state index in [1.807, 2.05) is 6.07 Å². The van der Waals surface area contributed by atoms with Gasteiger partial charge in [0.05, 0.1) is 44.0 Å². The van der Waals surface area contributed by atoms with E-state index in [4.69, 9.17) is 19.6 Å². The molecule has 1 aromatic carbocycles. The summed E-state index contributed by atoms with van der Waals surface area (Å²) in [5, 5.41) is 16.0. The molecule has 222 valence electrons. The summed E-state index contributed by atoms with van der Waals surface area (Å²) in [7, 11) is 2.48. The first-order chi connectivity index (χ1) is 19.3. The highest BCUT2D eigenvalue weighted by molar-refractivity contribution is 6.38. The van der Waals surface area contributed by atoms with E-state index in [-0.39, 0.29) is 54.3 Å². The number of ether oxygens (including phenoxy) is 2. The monoisotopic (exact) mass is 574 g/mol. The fourth-order valence-electron chi connectivity index (χ4n) is 3.65. The van der Waals surface area contributed by atoms with Crippen LogP contribution in [0.1, 0.15) is 58.3 Å². The number of methoxy groups -OCH3 is 1. The Morgan fingerprint density at radius 1 is 1.22 bits per heavy atom. The van der Waals surface area contributed by atoms with E-state index in [1.54, 1.807) is 27.7 Å². The molecule has 0 aliphatic heterocycles. The Morgan fingerprint density at radius 2 is 1.90 bits per heavy atom. The van der Waals surface area contributed by atoms with Crippen molar-refractivity contribution >= 4 is 17.5 Å². The van der Waals surface area contributed by atoms with Crippen LogP contribution in [-0.2, 0) is 25.7 Å². The molecule has 0 saturated carbocycles. The Balaban J connectivity index is 2.77. The highest BCUT2D eigenvalue weighted by atomic mass is 19.1. The van der Waals surface area contributed by atoms with Crippen molar-refractivity contribution in [2.45, 2.75) is 65.8 Å². The molecule has 0 spiro atoms. The van der Waals surface area contributed by atoms with Gasteiger partial charge in [-0.25, -0.2) is 14.2 Å². The summed E-state index contributed by atoms with van der Waals surface area (Å²) in [5.74, 6) is -2.52. The van der Waals surface area contributed by atoms with Gasteiger partial charge in [0.2, 0.25) is 0 Å². The molecule has 14 heteroatoms. The molecule has 1 heterocycles. The van der Waals surface area contributed by atoms with E-state index < -0.39 is 35.0 Å². The lowest BCUT2D eigenvalue weighted by molar-refractivity contribution is -0.138. The van der Waals surface area contributed by atoms with Crippen LogP contribution < -0.4 is 26.3 Å². The molecule has 1 aromatic heterocycles. The number of amides is 2. The molecule has 13 nitrogen and oxygen atoms in total. The molecule has 0 radical (unpaired) electrons. The molecule has 0 saturated heterocycles. The van der Waals surface area contributed by atoms with Gasteiger partial charge >= 0.3 is 17.5 Å². The van der Waals surface area contributed by atoms with Crippen molar-refractivity contribution in [2.24, 2.45) is 5.16 Å². The zero-order valence-corrected chi connectivity index (χ0v) is 24.1. The lowest BCUT2D eigenvalue weighted by Crippen LogP contribution is -2.58. The average molecular weight is 575 g/mol. The fraction of sp³-hybridized carbons (Fsp3) is 0.481. The lowest BCUT2D eigenvalue weighted by atomic mass is 10.1. The fourth-order valence-corrected chi connectivity index (χ4v) is 3.65. The summed E-state index contributed by atoms with van der Waals surface area (Å²) in [6.07, 6.45) is -0.128. The third kappa shape index (κ3) is 8.49. The summed E-state index contributed by atoms with van der Waals surface area (Å²) in [5.41, 5.74) is -1.71. The molecule has 1 unspecified atom stereocenters. The van der Waals surface area contributed by atoms with Gasteiger partial charge in [0.25, 0.3) is 5.56 Å². The quantitative estimate of drug-likeness (QED) is 0.173. The number of nitriles is 1. The second-order valence-electron chi connectivity index (χ2n) is 9.54. The molecule has 41 heavy (non-hydrogen) atoms. The Bertz CT molecular complexity index is 1440. The number of nitrogens with one attached hydrogen (secondary N) is 1. The van der Waals surface area contributed by atoms with Crippen LogP contribution in [0.3, 0.4) is 0 Å². The van der Waals surface area contributed by atoms with Crippen LogP contribution >= 0.6 is 0 Å². The Labute approximate surface area is 236 Å². The summed E-state index contributed by atoms with van der Waals surface area (Å²) in [4.78, 5) is 57.7. The molecule has 0 aliphatic rings. The minimum atomic E-state index is -1.16. The molecule has 0 fully saturated rings. The van der Waals surface area contributed by atoms with Crippen molar-refractivity contribution in [3.8, 4) is 11.8 Å². The van der Waals surface area contributed by atoms with E-state index in [1.165, 1.54) is 38.4 Å². The van der Waals surface area contributed by atoms with Gasteiger partial charge in [0.15, 0.2) is 0 Å². The van der Waals surface area contributed by atoms with Gasteiger partial charge in [-0.1, -0.05) is 5.16 Å². The topological polar surface area (TPSA) is 157 Å². The van der Waals surface area contributed by atoms with Crippen LogP contribution in [0, 0.1) is 17.1 Å². The summed E-state index contributed by atoms with van der Waals surface area (Å²) in [6, 6.07) is 5.32. The largest absolute Gasteiger partial charge is 0.496 e. The maximum absolute atomic E-state index is 14.3. The zero-order chi connectivity index (χ0) is 30.9. The van der Waals surface area contributed by atoms with Crippen molar-refractivity contribution in [1.29, 1.82) is 5.26 Å². The number of aromatic nitrogens is 2. The van der Waals surface area contributed by atoms with E-state index >= 15 is 0 Å². The predicted octanol–water partition coefficient (Wildman–Crippen LogP) is 1.60. The first-order valence-corrected chi connectivity index (χ1v) is 12.8. The molecule has 0 bridgehead atoms. The number of nitrogens with zero attached hydrogens (tertiary/aromatic N) is 5. The zero-order valence-electron chi connectivity index (χ0n) is 24.1. The van der Waals surface area contributed by atoms with E-state index in [2.05, 4.69) is 10.5 Å². The number of hydrogen-bond donors (Lipinski definition) is 1. The molecule has 1 atom stereocenters. The van der Waals surface area contributed by atoms with Gasteiger partial charge in [-0.3, -0.25) is 19.0 Å². The van der Waals surface area contributed by atoms with E-state index in [9.17, 15) is 23.6 Å². The Hall–Kier alpha value is -4.51. The number of carbonyl (C=O) groups excluding carboxylic acids is 2. The second-order valence-corrected chi connectivity index (χ2v) is 9.54. The first kappa shape index (κ1) is 32.7. The Kier molecular flexibility index (Phi) is 11.8. The number of hydrogen-bond acceptors (Lipinski definition) is 9. The first-order valence-electron chi connectivity index (χ1n) is 12.8. The average Bonchev–Trinajstić information content (AvgIpc) is 2.91. The number of carbonyl (C=O) groups is 2. The van der Waals surface area contributed by atoms with Crippen molar-refractivity contribution < 1.29 is 28.3 Å². The van der Waals surface area contributed by atoms with Gasteiger partial charge < -0.3 is 19.6 Å². The van der Waals surface area contributed by atoms with E-state index in [0.717, 1.165) is 11.6 Å². The molecule has 2 aromatic rings. The van der Waals surface area contributed by atoms with Crippen LogP contribution in [0.5, 0.6) is 5.75 Å². The third-order valence-electron chi connectivity index (χ3n) is 5.57. The molecular formula is C27H35FN6O7. The van der Waals surface area contributed by atoms with Crippen molar-refractivity contribution in [3.05, 3.63) is 62.2 Å². The minimum absolute atomic E-state index is 0.00822. The highest BCUT2D eigenvalue weighted by Gasteiger charge is 2.27. The van der Waals surface area contributed by atoms with Crippen LogP contribution in [-0.4, -0.2) is 59.7 Å². The standard InChI is InChI=1S/C27H35FN6O7/c1-16(2)30-24(35)26(37)32(6)34-25(36)21(18(5)31-41-17(3)4)14-33(27(34)38)15-23(40-12-8-11-29)20-13-19(28)9-10-22(20)39-7/h9-10,13-14,16-17,23H,8,12,15H2,1-7H3,(H,30,35)/b31-18+. The third-order valence-corrected chi connectivity index (χ3v) is 5.57. The maximum atomic E-state index is 14.3. The summed E-state index contributed by atoms with van der Waals surface area (Å²) >= 11 is 0. The van der Waals surface area contributed by atoms with Crippen molar-refractivity contribution in [2.75, 3.05) is 25.8 Å². The van der Waals surface area contributed by atoms with Crippen LogP contribution in [0.2, 0.25) is 0 Å². The Morgan fingerprint density at radius 3 is 2.49 bits per heavy atom. The minimum Gasteiger partial charge on any atom is -0.496 e. The molecule has 0 aliphatic carbocycles. The normalized spacial score (nSPS) is 12.2. The second kappa shape index (κ2) is 14.8. The van der Waals surface area contributed by atoms with Gasteiger partial charge in [0.1, 0.15) is 23.8 Å². The SMILES string of the molecule is COc1ccc(F)cc1C(Cn1cc(/C(C)=N/OC(C)C)c(=O)n(N(C)C(=O)C(=O)NC(C)C)c1=O)OCCC#N. The van der Waals surface area contributed by atoms with Crippen LogP contribution in [0.25, 0.3) is 0 Å². The van der Waals surface area contributed by atoms with Gasteiger partial charge in [-0.2, -0.15) is 9.94 Å².